The lowest BCUT2D eigenvalue weighted by molar-refractivity contribution is -0.384. The summed E-state index contributed by atoms with van der Waals surface area (Å²) in [5, 5.41) is 18.7. The number of anilines is 1. The van der Waals surface area contributed by atoms with E-state index >= 15 is 0 Å². The number of para-hydroxylation sites is 1. The molecule has 0 aliphatic rings. The zero-order chi connectivity index (χ0) is 25.2. The Kier molecular flexibility index (Phi) is 5.83. The molecule has 178 valence electrons. The van der Waals surface area contributed by atoms with Crippen molar-refractivity contribution in [2.75, 3.05) is 5.32 Å². The van der Waals surface area contributed by atoms with Gasteiger partial charge in [-0.3, -0.25) is 24.3 Å². The Morgan fingerprint density at radius 3 is 2.50 bits per heavy atom. The zero-order valence-corrected chi connectivity index (χ0v) is 19.2. The van der Waals surface area contributed by atoms with Crippen LogP contribution in [-0.2, 0) is 11.3 Å². The third kappa shape index (κ3) is 4.47. The second-order valence-electron chi connectivity index (χ2n) is 8.21. The number of nitro groups is 1. The van der Waals surface area contributed by atoms with Crippen LogP contribution in [0.1, 0.15) is 5.56 Å². The third-order valence-corrected chi connectivity index (χ3v) is 5.66. The first-order valence-corrected chi connectivity index (χ1v) is 11.0. The lowest BCUT2D eigenvalue weighted by Crippen LogP contribution is -2.28. The molecule has 2 heterocycles. The van der Waals surface area contributed by atoms with Crippen molar-refractivity contribution >= 4 is 28.3 Å². The van der Waals surface area contributed by atoms with Gasteiger partial charge in [-0.2, -0.15) is 5.10 Å². The molecule has 0 spiro atoms. The Morgan fingerprint density at radius 2 is 1.78 bits per heavy atom. The average molecular weight is 480 g/mol. The fourth-order valence-electron chi connectivity index (χ4n) is 3.81. The molecular weight excluding hydrogens is 460 g/mol. The van der Waals surface area contributed by atoms with Gasteiger partial charge >= 0.3 is 0 Å². The van der Waals surface area contributed by atoms with Crippen molar-refractivity contribution < 1.29 is 9.72 Å². The highest BCUT2D eigenvalue weighted by atomic mass is 16.6. The van der Waals surface area contributed by atoms with Gasteiger partial charge in [-0.1, -0.05) is 48.0 Å². The van der Waals surface area contributed by atoms with Crippen molar-refractivity contribution in [1.29, 1.82) is 0 Å². The number of aromatic nitrogens is 4. The lowest BCUT2D eigenvalue weighted by atomic mass is 10.1. The summed E-state index contributed by atoms with van der Waals surface area (Å²) in [6, 6.07) is 22.9. The van der Waals surface area contributed by atoms with Crippen LogP contribution in [0.3, 0.4) is 0 Å². The Balaban J connectivity index is 1.46. The molecular formula is C26H20N6O4. The molecule has 2 aromatic heterocycles. The molecule has 0 atom stereocenters. The fraction of sp³-hybridized carbons (Fsp3) is 0.0769. The van der Waals surface area contributed by atoms with Gasteiger partial charge in [-0.05, 0) is 25.1 Å². The van der Waals surface area contributed by atoms with E-state index in [1.54, 1.807) is 10.7 Å². The standard InChI is InChI=1S/C26H20N6O4/c1-17-7-9-18(10-8-17)23-14-24(31(29-23)19-5-3-2-4-6-19)28-25(33)15-30-16-27-22-12-11-20(32(35)36)13-21(22)26(30)34/h2-14,16H,15H2,1H3,(H,28,33). The number of hydrogen-bond donors (Lipinski definition) is 1. The Hall–Kier alpha value is -5.12. The molecule has 36 heavy (non-hydrogen) atoms. The number of non-ortho nitro benzene ring substituents is 1. The predicted octanol–water partition coefficient (Wildman–Crippen LogP) is 4.10. The van der Waals surface area contributed by atoms with E-state index in [2.05, 4.69) is 15.4 Å². The number of benzene rings is 3. The van der Waals surface area contributed by atoms with Gasteiger partial charge in [-0.15, -0.1) is 0 Å². The maximum absolute atomic E-state index is 13.0. The zero-order valence-electron chi connectivity index (χ0n) is 19.2. The summed E-state index contributed by atoms with van der Waals surface area (Å²) in [5.74, 6) is -0.0459. The second kappa shape index (κ2) is 9.26. The largest absolute Gasteiger partial charge is 0.309 e. The van der Waals surface area contributed by atoms with Crippen LogP contribution in [0.4, 0.5) is 11.5 Å². The summed E-state index contributed by atoms with van der Waals surface area (Å²) in [7, 11) is 0. The van der Waals surface area contributed by atoms with Crippen LogP contribution in [0.5, 0.6) is 0 Å². The molecule has 10 heteroatoms. The molecule has 0 bridgehead atoms. The van der Waals surface area contributed by atoms with E-state index in [0.29, 0.717) is 17.0 Å². The Labute approximate surface area is 204 Å². The molecule has 0 saturated heterocycles. The first-order chi connectivity index (χ1) is 17.4. The van der Waals surface area contributed by atoms with Crippen molar-refractivity contribution in [1.82, 2.24) is 19.3 Å². The van der Waals surface area contributed by atoms with Crippen LogP contribution in [0, 0.1) is 17.0 Å². The van der Waals surface area contributed by atoms with Crippen LogP contribution in [0.25, 0.3) is 27.8 Å². The van der Waals surface area contributed by atoms with Gasteiger partial charge < -0.3 is 5.32 Å². The van der Waals surface area contributed by atoms with Crippen molar-refractivity contribution in [2.24, 2.45) is 0 Å². The number of carbonyl (C=O) groups excluding carboxylic acids is 1. The predicted molar refractivity (Wildman–Crippen MR) is 135 cm³/mol. The fourth-order valence-corrected chi connectivity index (χ4v) is 3.81. The van der Waals surface area contributed by atoms with Crippen LogP contribution in [0.15, 0.2) is 90.0 Å². The summed E-state index contributed by atoms with van der Waals surface area (Å²) in [5.41, 5.74) is 2.98. The molecule has 5 rings (SSSR count). The molecule has 0 aliphatic heterocycles. The SMILES string of the molecule is Cc1ccc(-c2cc(NC(=O)Cn3cnc4ccc([N+](=O)[O-])cc4c3=O)n(-c3ccccc3)n2)cc1. The van der Waals surface area contributed by atoms with E-state index in [-0.39, 0.29) is 17.6 Å². The van der Waals surface area contributed by atoms with Gasteiger partial charge in [0.25, 0.3) is 11.2 Å². The minimum absolute atomic E-state index is 0.0653. The highest BCUT2D eigenvalue weighted by Crippen LogP contribution is 2.25. The number of nitrogens with zero attached hydrogens (tertiary/aromatic N) is 5. The highest BCUT2D eigenvalue weighted by Gasteiger charge is 2.16. The first kappa shape index (κ1) is 22.7. The van der Waals surface area contributed by atoms with Crippen LogP contribution in [-0.4, -0.2) is 30.2 Å². The minimum atomic E-state index is -0.584. The number of carbonyl (C=O) groups is 1. The monoisotopic (exact) mass is 480 g/mol. The summed E-state index contributed by atoms with van der Waals surface area (Å²) in [4.78, 5) is 40.5. The van der Waals surface area contributed by atoms with Crippen molar-refractivity contribution in [2.45, 2.75) is 13.5 Å². The number of nitrogens with one attached hydrogen (secondary N) is 1. The number of fused-ring (bicyclic) bond motifs is 1. The van der Waals surface area contributed by atoms with E-state index in [1.165, 1.54) is 18.5 Å². The quantitative estimate of drug-likeness (QED) is 0.288. The van der Waals surface area contributed by atoms with Gasteiger partial charge in [0, 0.05) is 23.8 Å². The summed E-state index contributed by atoms with van der Waals surface area (Å²) in [6.07, 6.45) is 1.25. The molecule has 5 aromatic rings. The average Bonchev–Trinajstić information content (AvgIpc) is 3.30. The second-order valence-corrected chi connectivity index (χ2v) is 8.21. The Morgan fingerprint density at radius 1 is 1.03 bits per heavy atom. The number of hydrogen-bond acceptors (Lipinski definition) is 6. The molecule has 0 unspecified atom stereocenters. The number of amides is 1. The van der Waals surface area contributed by atoms with Gasteiger partial charge in [0.2, 0.25) is 5.91 Å². The summed E-state index contributed by atoms with van der Waals surface area (Å²) >= 11 is 0. The highest BCUT2D eigenvalue weighted by molar-refractivity contribution is 5.91. The van der Waals surface area contributed by atoms with E-state index < -0.39 is 16.4 Å². The van der Waals surface area contributed by atoms with Crippen molar-refractivity contribution in [3.63, 3.8) is 0 Å². The molecule has 1 N–H and O–H groups in total. The van der Waals surface area contributed by atoms with Gasteiger partial charge in [-0.25, -0.2) is 9.67 Å². The summed E-state index contributed by atoms with van der Waals surface area (Å²) in [6.45, 7) is 1.67. The lowest BCUT2D eigenvalue weighted by Gasteiger charge is -2.10. The summed E-state index contributed by atoms with van der Waals surface area (Å²) < 4.78 is 2.74. The van der Waals surface area contributed by atoms with Gasteiger partial charge in [0.05, 0.1) is 33.5 Å². The molecule has 3 aromatic carbocycles. The number of aryl methyl sites for hydroxylation is 1. The van der Waals surface area contributed by atoms with Crippen molar-refractivity contribution in [3.05, 3.63) is 111 Å². The molecule has 0 fully saturated rings. The number of rotatable bonds is 6. The first-order valence-electron chi connectivity index (χ1n) is 11.0. The van der Waals surface area contributed by atoms with Gasteiger partial charge in [0.1, 0.15) is 12.4 Å². The molecule has 0 aliphatic carbocycles. The third-order valence-electron chi connectivity index (χ3n) is 5.66. The molecule has 1 amide bonds. The van der Waals surface area contributed by atoms with Crippen molar-refractivity contribution in [3.8, 4) is 16.9 Å². The molecule has 10 nitrogen and oxygen atoms in total. The molecule has 0 radical (unpaired) electrons. The van der Waals surface area contributed by atoms with E-state index in [9.17, 15) is 19.7 Å². The van der Waals surface area contributed by atoms with Crippen LogP contribution in [0.2, 0.25) is 0 Å². The minimum Gasteiger partial charge on any atom is -0.309 e. The van der Waals surface area contributed by atoms with Crippen LogP contribution < -0.4 is 10.9 Å². The Bertz CT molecular complexity index is 1660. The van der Waals surface area contributed by atoms with Crippen LogP contribution >= 0.6 is 0 Å². The van der Waals surface area contributed by atoms with Gasteiger partial charge in [0.15, 0.2) is 0 Å². The maximum Gasteiger partial charge on any atom is 0.270 e. The molecule has 0 saturated carbocycles. The maximum atomic E-state index is 13.0. The van der Waals surface area contributed by atoms with E-state index in [0.717, 1.165) is 27.4 Å². The van der Waals surface area contributed by atoms with E-state index in [4.69, 9.17) is 0 Å². The number of nitro benzene ring substituents is 1. The smallest absolute Gasteiger partial charge is 0.270 e. The van der Waals surface area contributed by atoms with E-state index in [1.807, 2.05) is 61.5 Å². The topological polar surface area (TPSA) is 125 Å². The normalized spacial score (nSPS) is 10.9.